The third-order valence-corrected chi connectivity index (χ3v) is 10.7. The van der Waals surface area contributed by atoms with E-state index >= 15 is 0 Å². The first-order chi connectivity index (χ1) is 20.5. The summed E-state index contributed by atoms with van der Waals surface area (Å²) in [6.45, 7) is 2.45. The number of benzene rings is 3. The average Bonchev–Trinajstić information content (AvgIpc) is 3.66. The van der Waals surface area contributed by atoms with E-state index < -0.39 is 28.7 Å². The van der Waals surface area contributed by atoms with Gasteiger partial charge in [0, 0.05) is 17.5 Å². The van der Waals surface area contributed by atoms with E-state index in [1.165, 1.54) is 0 Å². The third kappa shape index (κ3) is 4.94. The number of carbonyl (C=O) groups excluding carboxylic acids is 3. The summed E-state index contributed by atoms with van der Waals surface area (Å²) < 4.78 is 4.76. The summed E-state index contributed by atoms with van der Waals surface area (Å²) in [5.41, 5.74) is 2.33. The highest BCUT2D eigenvalue weighted by molar-refractivity contribution is 8.02. The fourth-order valence-corrected chi connectivity index (χ4v) is 9.17. The van der Waals surface area contributed by atoms with Crippen molar-refractivity contribution in [3.8, 4) is 5.75 Å². The smallest absolute Gasteiger partial charge is 0.244 e. The van der Waals surface area contributed by atoms with Gasteiger partial charge in [-0.15, -0.1) is 11.8 Å². The normalized spacial score (nSPS) is 26.5. The number of aliphatic hydroxyl groups is 1. The van der Waals surface area contributed by atoms with Crippen molar-refractivity contribution < 1.29 is 24.2 Å². The molecular formula is C33H35N3O5S. The maximum atomic E-state index is 14.4. The van der Waals surface area contributed by atoms with E-state index in [1.54, 1.807) is 40.9 Å². The molecule has 218 valence electrons. The summed E-state index contributed by atoms with van der Waals surface area (Å²) in [7, 11) is 0. The maximum Gasteiger partial charge on any atom is 0.244 e. The lowest BCUT2D eigenvalue weighted by Crippen LogP contribution is -2.54. The van der Waals surface area contributed by atoms with Crippen molar-refractivity contribution in [3.63, 3.8) is 0 Å². The predicted molar refractivity (Wildman–Crippen MR) is 162 cm³/mol. The number of carbonyl (C=O) groups is 3. The van der Waals surface area contributed by atoms with Gasteiger partial charge in [-0.1, -0.05) is 60.7 Å². The highest BCUT2D eigenvalue weighted by Gasteiger charge is 2.74. The summed E-state index contributed by atoms with van der Waals surface area (Å²) in [5, 5.41) is 16.6. The molecule has 3 aliphatic heterocycles. The molecule has 2 unspecified atom stereocenters. The van der Waals surface area contributed by atoms with Crippen molar-refractivity contribution in [1.82, 2.24) is 10.2 Å². The lowest BCUT2D eigenvalue weighted by molar-refractivity contribution is -0.142. The third-order valence-electron chi connectivity index (χ3n) is 8.72. The molecule has 0 radical (unpaired) electrons. The Morgan fingerprint density at radius 2 is 1.71 bits per heavy atom. The number of aliphatic hydroxyl groups excluding tert-OH is 1. The van der Waals surface area contributed by atoms with Gasteiger partial charge < -0.3 is 25.4 Å². The summed E-state index contributed by atoms with van der Waals surface area (Å²) in [6.07, 6.45) is 1.39. The molecule has 3 heterocycles. The van der Waals surface area contributed by atoms with Crippen LogP contribution < -0.4 is 15.4 Å². The van der Waals surface area contributed by atoms with Crippen molar-refractivity contribution in [1.29, 1.82) is 0 Å². The van der Waals surface area contributed by atoms with Crippen LogP contribution in [-0.2, 0) is 20.9 Å². The second-order valence-electron chi connectivity index (χ2n) is 11.1. The van der Waals surface area contributed by atoms with Gasteiger partial charge in [0.1, 0.15) is 11.8 Å². The van der Waals surface area contributed by atoms with E-state index in [-0.39, 0.29) is 29.6 Å². The highest BCUT2D eigenvalue weighted by atomic mass is 32.2. The predicted octanol–water partition coefficient (Wildman–Crippen LogP) is 4.17. The molecule has 6 atom stereocenters. The first-order valence-corrected chi connectivity index (χ1v) is 15.4. The van der Waals surface area contributed by atoms with Gasteiger partial charge in [0.2, 0.25) is 17.7 Å². The number of hydrogen-bond donors (Lipinski definition) is 3. The molecule has 3 aromatic rings. The van der Waals surface area contributed by atoms with Crippen molar-refractivity contribution in [3.05, 3.63) is 96.1 Å². The van der Waals surface area contributed by atoms with Crippen molar-refractivity contribution >= 4 is 35.2 Å². The molecule has 3 fully saturated rings. The van der Waals surface area contributed by atoms with Crippen molar-refractivity contribution in [2.24, 2.45) is 11.8 Å². The first-order valence-electron chi connectivity index (χ1n) is 14.5. The topological polar surface area (TPSA) is 108 Å². The average molecular weight is 586 g/mol. The van der Waals surface area contributed by atoms with Crippen LogP contribution in [0.3, 0.4) is 0 Å². The van der Waals surface area contributed by atoms with Crippen LogP contribution >= 0.6 is 11.8 Å². The van der Waals surface area contributed by atoms with Gasteiger partial charge in [-0.05, 0) is 55.2 Å². The van der Waals surface area contributed by atoms with Crippen LogP contribution in [-0.4, -0.2) is 57.0 Å². The molecule has 3 amide bonds. The van der Waals surface area contributed by atoms with Gasteiger partial charge in [0.15, 0.2) is 0 Å². The summed E-state index contributed by atoms with van der Waals surface area (Å²) >= 11 is 1.61. The Labute approximate surface area is 249 Å². The highest BCUT2D eigenvalue weighted by Crippen LogP contribution is 2.67. The quantitative estimate of drug-likeness (QED) is 0.330. The van der Waals surface area contributed by atoms with Gasteiger partial charge in [-0.2, -0.15) is 0 Å². The second-order valence-corrected chi connectivity index (χ2v) is 12.7. The number of anilines is 1. The lowest BCUT2D eigenvalue weighted by atomic mass is 9.70. The minimum atomic E-state index is -0.825. The zero-order valence-electron chi connectivity index (χ0n) is 23.4. The number of fused-ring (bicyclic) bond motifs is 1. The molecule has 1 spiro atoms. The molecule has 3 saturated heterocycles. The van der Waals surface area contributed by atoms with Gasteiger partial charge >= 0.3 is 0 Å². The number of likely N-dealkylation sites (tertiary alicyclic amines) is 1. The molecule has 3 aliphatic rings. The Balaban J connectivity index is 1.32. The molecule has 0 aromatic heterocycles. The summed E-state index contributed by atoms with van der Waals surface area (Å²) in [5.74, 6) is -1.28. The Hall–Kier alpha value is -3.82. The molecular weight excluding hydrogens is 550 g/mol. The van der Waals surface area contributed by atoms with Crippen molar-refractivity contribution in [2.45, 2.75) is 48.4 Å². The monoisotopic (exact) mass is 585 g/mol. The molecule has 0 saturated carbocycles. The molecule has 9 heteroatoms. The lowest BCUT2D eigenvalue weighted by Gasteiger charge is -2.37. The second kappa shape index (κ2) is 11.8. The summed E-state index contributed by atoms with van der Waals surface area (Å²) in [6, 6.07) is 24.6. The SMILES string of the molecule is CCOc1ccc(NC(=O)[C@@H]2[C@@H]3CCC4(S3)C(C(=O)NCc3ccccc3)N([C@H](CO)c3ccccc3)C(=O)[C@H]24)cc1. The van der Waals surface area contributed by atoms with E-state index in [2.05, 4.69) is 10.6 Å². The number of nitrogens with one attached hydrogen (secondary N) is 2. The Kier molecular flexibility index (Phi) is 7.96. The number of hydrogen-bond acceptors (Lipinski definition) is 6. The van der Waals surface area contributed by atoms with Crippen LogP contribution in [0.5, 0.6) is 5.75 Å². The summed E-state index contributed by atoms with van der Waals surface area (Å²) in [4.78, 5) is 43.9. The fourth-order valence-electron chi connectivity index (χ4n) is 6.96. The molecule has 3 aromatic carbocycles. The zero-order chi connectivity index (χ0) is 29.3. The minimum absolute atomic E-state index is 0.0717. The van der Waals surface area contributed by atoms with Crippen LogP contribution in [0.1, 0.15) is 36.9 Å². The fraction of sp³-hybridized carbons (Fsp3) is 0.364. The van der Waals surface area contributed by atoms with E-state index in [9.17, 15) is 19.5 Å². The number of rotatable bonds is 10. The van der Waals surface area contributed by atoms with Crippen LogP contribution in [0.25, 0.3) is 0 Å². The Morgan fingerprint density at radius 1 is 1.02 bits per heavy atom. The largest absolute Gasteiger partial charge is 0.494 e. The van der Waals surface area contributed by atoms with E-state index in [4.69, 9.17) is 4.74 Å². The molecule has 2 bridgehead atoms. The van der Waals surface area contributed by atoms with Gasteiger partial charge in [0.25, 0.3) is 0 Å². The van der Waals surface area contributed by atoms with Crippen molar-refractivity contribution in [2.75, 3.05) is 18.5 Å². The molecule has 6 rings (SSSR count). The molecule has 42 heavy (non-hydrogen) atoms. The maximum absolute atomic E-state index is 14.4. The van der Waals surface area contributed by atoms with Gasteiger partial charge in [0.05, 0.1) is 35.8 Å². The Morgan fingerprint density at radius 3 is 2.38 bits per heavy atom. The number of nitrogens with zero attached hydrogens (tertiary/aromatic N) is 1. The van der Waals surface area contributed by atoms with Crippen LogP contribution in [0.2, 0.25) is 0 Å². The Bertz CT molecular complexity index is 1440. The minimum Gasteiger partial charge on any atom is -0.494 e. The van der Waals surface area contributed by atoms with E-state index in [0.717, 1.165) is 17.5 Å². The number of thioether (sulfide) groups is 1. The standard InChI is InChI=1S/C33H35N3O5S/c1-2-41-24-15-13-23(14-16-24)35-30(38)27-26-17-18-33(42-26)28(27)32(40)36(25(20-37)22-11-7-4-8-12-22)29(33)31(39)34-19-21-9-5-3-6-10-21/h3-16,25-29,37H,2,17-20H2,1H3,(H,34,39)(H,35,38)/t25-,26+,27-,28+,29?,33?/m1/s1. The molecule has 8 nitrogen and oxygen atoms in total. The van der Waals surface area contributed by atoms with Crippen LogP contribution in [0.4, 0.5) is 5.69 Å². The number of amides is 3. The van der Waals surface area contributed by atoms with Gasteiger partial charge in [-0.25, -0.2) is 0 Å². The van der Waals surface area contributed by atoms with Crippen LogP contribution in [0, 0.1) is 11.8 Å². The van der Waals surface area contributed by atoms with E-state index in [0.29, 0.717) is 31.0 Å². The van der Waals surface area contributed by atoms with Gasteiger partial charge in [-0.3, -0.25) is 14.4 Å². The first kappa shape index (κ1) is 28.3. The van der Waals surface area contributed by atoms with E-state index in [1.807, 2.05) is 67.6 Å². The number of ether oxygens (including phenoxy) is 1. The zero-order valence-corrected chi connectivity index (χ0v) is 24.3. The molecule has 0 aliphatic carbocycles. The molecule has 3 N–H and O–H groups in total. The van der Waals surface area contributed by atoms with Crippen LogP contribution in [0.15, 0.2) is 84.9 Å².